The SMILES string of the molecule is C=C1SC2C1C(C)(CC)C(=O)N2C. The van der Waals surface area contributed by atoms with Crippen LogP contribution in [0.25, 0.3) is 0 Å². The van der Waals surface area contributed by atoms with Gasteiger partial charge in [-0.3, -0.25) is 4.79 Å². The highest BCUT2D eigenvalue weighted by Gasteiger charge is 2.60. The number of rotatable bonds is 1. The Morgan fingerprint density at radius 3 is 2.69 bits per heavy atom. The van der Waals surface area contributed by atoms with E-state index in [4.69, 9.17) is 0 Å². The molecule has 0 aliphatic carbocycles. The van der Waals surface area contributed by atoms with E-state index in [0.717, 1.165) is 6.42 Å². The Balaban J connectivity index is 2.38. The van der Waals surface area contributed by atoms with Crippen LogP contribution in [0.15, 0.2) is 11.5 Å². The molecule has 2 aliphatic heterocycles. The highest BCUT2D eigenvalue weighted by molar-refractivity contribution is 8.05. The van der Waals surface area contributed by atoms with E-state index in [2.05, 4.69) is 20.4 Å². The molecule has 3 unspecified atom stereocenters. The molecule has 2 saturated heterocycles. The van der Waals surface area contributed by atoms with Gasteiger partial charge in [-0.15, -0.1) is 11.8 Å². The molecule has 1 amide bonds. The Hall–Kier alpha value is -0.440. The summed E-state index contributed by atoms with van der Waals surface area (Å²) in [5.41, 5.74) is -0.179. The molecule has 0 bridgehead atoms. The van der Waals surface area contributed by atoms with Gasteiger partial charge < -0.3 is 4.90 Å². The second-order valence-electron chi connectivity index (χ2n) is 4.14. The number of nitrogens with zero attached hydrogens (tertiary/aromatic N) is 1. The van der Waals surface area contributed by atoms with Crippen LogP contribution in [0.3, 0.4) is 0 Å². The Morgan fingerprint density at radius 1 is 1.69 bits per heavy atom. The van der Waals surface area contributed by atoms with Gasteiger partial charge >= 0.3 is 0 Å². The fraction of sp³-hybridized carbons (Fsp3) is 0.700. The summed E-state index contributed by atoms with van der Waals surface area (Å²) in [4.78, 5) is 15.0. The highest BCUT2D eigenvalue weighted by Crippen LogP contribution is 2.61. The summed E-state index contributed by atoms with van der Waals surface area (Å²) in [6, 6.07) is 0. The molecule has 0 aromatic rings. The normalized spacial score (nSPS) is 43.5. The number of hydrogen-bond donors (Lipinski definition) is 0. The summed E-state index contributed by atoms with van der Waals surface area (Å²) in [5.74, 6) is 0.677. The van der Waals surface area contributed by atoms with Gasteiger partial charge in [0.1, 0.15) is 0 Å². The molecule has 0 radical (unpaired) electrons. The van der Waals surface area contributed by atoms with E-state index >= 15 is 0 Å². The minimum absolute atomic E-state index is 0.179. The monoisotopic (exact) mass is 197 g/mol. The van der Waals surface area contributed by atoms with Crippen molar-refractivity contribution in [3.8, 4) is 0 Å². The zero-order valence-electron chi connectivity index (χ0n) is 8.33. The number of carbonyl (C=O) groups is 1. The van der Waals surface area contributed by atoms with Crippen LogP contribution >= 0.6 is 11.8 Å². The van der Waals surface area contributed by atoms with Gasteiger partial charge in [-0.1, -0.05) is 20.4 Å². The van der Waals surface area contributed by atoms with Gasteiger partial charge in [-0.05, 0) is 11.3 Å². The van der Waals surface area contributed by atoms with Crippen molar-refractivity contribution in [1.82, 2.24) is 4.90 Å². The fourth-order valence-electron chi connectivity index (χ4n) is 2.38. The van der Waals surface area contributed by atoms with Crippen LogP contribution in [0.4, 0.5) is 0 Å². The lowest BCUT2D eigenvalue weighted by Gasteiger charge is -2.39. The van der Waals surface area contributed by atoms with E-state index in [1.165, 1.54) is 4.91 Å². The molecular formula is C10H15NOS. The molecule has 2 nitrogen and oxygen atoms in total. The third-order valence-electron chi connectivity index (χ3n) is 3.52. The summed E-state index contributed by atoms with van der Waals surface area (Å²) in [7, 11) is 1.90. The predicted molar refractivity (Wildman–Crippen MR) is 55.2 cm³/mol. The van der Waals surface area contributed by atoms with Gasteiger partial charge in [0, 0.05) is 13.0 Å². The number of likely N-dealkylation sites (tertiary alicyclic amines) is 1. The largest absolute Gasteiger partial charge is 0.332 e. The molecule has 3 atom stereocenters. The van der Waals surface area contributed by atoms with Crippen molar-refractivity contribution in [3.05, 3.63) is 11.5 Å². The first-order valence-electron chi connectivity index (χ1n) is 4.65. The standard InChI is InChI=1S/C10H15NOS/c1-5-10(3)7-6(2)13-8(7)11(4)9(10)12/h7-8H,2,5H2,1,3-4H3. The van der Waals surface area contributed by atoms with Crippen LogP contribution in [0.2, 0.25) is 0 Å². The maximum Gasteiger partial charge on any atom is 0.229 e. The maximum absolute atomic E-state index is 11.9. The second-order valence-corrected chi connectivity index (χ2v) is 5.38. The average molecular weight is 197 g/mol. The summed E-state index contributed by atoms with van der Waals surface area (Å²) < 4.78 is 0. The first-order valence-corrected chi connectivity index (χ1v) is 5.53. The molecular weight excluding hydrogens is 182 g/mol. The molecule has 0 spiro atoms. The summed E-state index contributed by atoms with van der Waals surface area (Å²) in [6.45, 7) is 8.16. The molecule has 72 valence electrons. The van der Waals surface area contributed by atoms with Crippen molar-refractivity contribution >= 4 is 17.7 Å². The smallest absolute Gasteiger partial charge is 0.229 e. The number of carbonyl (C=O) groups excluding carboxylic acids is 1. The molecule has 3 heteroatoms. The Labute approximate surface area is 83.4 Å². The Kier molecular flexibility index (Phi) is 1.78. The second kappa shape index (κ2) is 2.53. The maximum atomic E-state index is 11.9. The topological polar surface area (TPSA) is 20.3 Å². The van der Waals surface area contributed by atoms with E-state index in [0.29, 0.717) is 11.3 Å². The van der Waals surface area contributed by atoms with Crippen LogP contribution in [-0.2, 0) is 4.79 Å². The molecule has 2 heterocycles. The molecule has 2 aliphatic rings. The predicted octanol–water partition coefficient (Wildman–Crippen LogP) is 2.08. The average Bonchev–Trinajstić information content (AvgIpc) is 2.24. The number of hydrogen-bond acceptors (Lipinski definition) is 2. The van der Waals surface area contributed by atoms with E-state index < -0.39 is 0 Å². The van der Waals surface area contributed by atoms with E-state index in [1.54, 1.807) is 11.8 Å². The van der Waals surface area contributed by atoms with E-state index in [-0.39, 0.29) is 11.3 Å². The first kappa shape index (κ1) is 9.13. The number of amides is 1. The first-order chi connectivity index (χ1) is 6.02. The molecule has 2 fully saturated rings. The minimum atomic E-state index is -0.179. The molecule has 0 N–H and O–H groups in total. The van der Waals surface area contributed by atoms with Gasteiger partial charge in [0.2, 0.25) is 5.91 Å². The van der Waals surface area contributed by atoms with Gasteiger partial charge in [-0.25, -0.2) is 0 Å². The van der Waals surface area contributed by atoms with Crippen LogP contribution in [-0.4, -0.2) is 23.2 Å². The highest BCUT2D eigenvalue weighted by atomic mass is 32.2. The molecule has 0 aromatic carbocycles. The van der Waals surface area contributed by atoms with Crippen molar-refractivity contribution in [2.75, 3.05) is 7.05 Å². The molecule has 0 saturated carbocycles. The zero-order valence-corrected chi connectivity index (χ0v) is 9.15. The van der Waals surface area contributed by atoms with Crippen molar-refractivity contribution in [3.63, 3.8) is 0 Å². The number of thioether (sulfide) groups is 1. The summed E-state index contributed by atoms with van der Waals surface area (Å²) >= 11 is 1.74. The van der Waals surface area contributed by atoms with E-state index in [9.17, 15) is 4.79 Å². The van der Waals surface area contributed by atoms with Gasteiger partial charge in [0.25, 0.3) is 0 Å². The lowest BCUT2D eigenvalue weighted by Crippen LogP contribution is -2.36. The molecule has 2 rings (SSSR count). The van der Waals surface area contributed by atoms with E-state index in [1.807, 2.05) is 11.9 Å². The third-order valence-corrected chi connectivity index (χ3v) is 4.90. The van der Waals surface area contributed by atoms with Gasteiger partial charge in [-0.2, -0.15) is 0 Å². The van der Waals surface area contributed by atoms with Gasteiger partial charge in [0.05, 0.1) is 10.8 Å². The number of fused-ring (bicyclic) bond motifs is 1. The zero-order chi connectivity index (χ0) is 9.80. The Bertz CT molecular complexity index is 289. The van der Waals surface area contributed by atoms with Crippen LogP contribution in [0, 0.1) is 11.3 Å². The fourth-order valence-corrected chi connectivity index (χ4v) is 3.85. The lowest BCUT2D eigenvalue weighted by molar-refractivity contribution is -0.134. The lowest BCUT2D eigenvalue weighted by atomic mass is 9.76. The molecule has 13 heavy (non-hydrogen) atoms. The summed E-state index contributed by atoms with van der Waals surface area (Å²) in [5, 5.41) is 0.366. The third kappa shape index (κ3) is 0.885. The Morgan fingerprint density at radius 2 is 2.31 bits per heavy atom. The summed E-state index contributed by atoms with van der Waals surface area (Å²) in [6.07, 6.45) is 0.914. The van der Waals surface area contributed by atoms with Crippen LogP contribution < -0.4 is 0 Å². The van der Waals surface area contributed by atoms with Crippen LogP contribution in [0.5, 0.6) is 0 Å². The van der Waals surface area contributed by atoms with Crippen molar-refractivity contribution in [2.45, 2.75) is 25.6 Å². The minimum Gasteiger partial charge on any atom is -0.332 e. The quantitative estimate of drug-likeness (QED) is 0.641. The van der Waals surface area contributed by atoms with Crippen molar-refractivity contribution < 1.29 is 4.79 Å². The van der Waals surface area contributed by atoms with Crippen molar-refractivity contribution in [2.24, 2.45) is 11.3 Å². The van der Waals surface area contributed by atoms with Crippen molar-refractivity contribution in [1.29, 1.82) is 0 Å². The molecule has 0 aromatic heterocycles. The van der Waals surface area contributed by atoms with Gasteiger partial charge in [0.15, 0.2) is 0 Å². The van der Waals surface area contributed by atoms with Crippen LogP contribution in [0.1, 0.15) is 20.3 Å².